The van der Waals surface area contributed by atoms with Crippen LogP contribution < -0.4 is 10.1 Å². The van der Waals surface area contributed by atoms with Crippen LogP contribution in [0.5, 0.6) is 11.5 Å². The molecule has 0 heterocycles. The van der Waals surface area contributed by atoms with Gasteiger partial charge in [0.05, 0.1) is 0 Å². The zero-order chi connectivity index (χ0) is 14.4. The molecule has 0 aliphatic rings. The van der Waals surface area contributed by atoms with E-state index in [0.717, 1.165) is 23.6 Å². The molecule has 104 valence electrons. The Morgan fingerprint density at radius 1 is 1.00 bits per heavy atom. The topological polar surface area (TPSA) is 38.3 Å². The zero-order valence-corrected chi connectivity index (χ0v) is 11.8. The van der Waals surface area contributed by atoms with Crippen LogP contribution in [0.4, 0.5) is 5.69 Å². The molecule has 3 heteroatoms. The lowest BCUT2D eigenvalue weighted by Gasteiger charge is -2.08. The molecule has 20 heavy (non-hydrogen) atoms. The fraction of sp³-hybridized carbons (Fsp3) is 0.235. The normalized spacial score (nSPS) is 10.1. The molecular formula is C17H19NO2. The quantitative estimate of drug-likeness (QED) is 0.866. The molecule has 0 aliphatic heterocycles. The Morgan fingerprint density at radius 3 is 2.10 bits per heavy atom. The first-order valence-electron chi connectivity index (χ1n) is 6.82. The summed E-state index contributed by atoms with van der Waals surface area (Å²) < 4.78 is 5.73. The lowest BCUT2D eigenvalue weighted by molar-refractivity contribution is -0.116. The summed E-state index contributed by atoms with van der Waals surface area (Å²) in [6.45, 7) is 4.02. The Bertz CT molecular complexity index is 559. The van der Waals surface area contributed by atoms with Gasteiger partial charge in [-0.1, -0.05) is 24.6 Å². The number of benzene rings is 2. The highest BCUT2D eigenvalue weighted by atomic mass is 16.5. The van der Waals surface area contributed by atoms with Gasteiger partial charge in [-0.15, -0.1) is 0 Å². The van der Waals surface area contributed by atoms with Crippen LogP contribution in [0.25, 0.3) is 0 Å². The van der Waals surface area contributed by atoms with Gasteiger partial charge in [0, 0.05) is 12.1 Å². The summed E-state index contributed by atoms with van der Waals surface area (Å²) in [6, 6.07) is 15.3. The molecule has 0 radical (unpaired) electrons. The van der Waals surface area contributed by atoms with Gasteiger partial charge in [-0.3, -0.25) is 4.79 Å². The average Bonchev–Trinajstić information content (AvgIpc) is 2.44. The molecule has 0 saturated carbocycles. The molecule has 0 unspecified atom stereocenters. The third-order valence-corrected chi connectivity index (χ3v) is 2.87. The SMILES string of the molecule is CCCC(=O)Nc1ccc(Oc2ccc(C)cc2)cc1. The van der Waals surface area contributed by atoms with Crippen molar-refractivity contribution in [2.75, 3.05) is 5.32 Å². The molecular weight excluding hydrogens is 250 g/mol. The lowest BCUT2D eigenvalue weighted by atomic mass is 10.2. The molecule has 0 bridgehead atoms. The fourth-order valence-electron chi connectivity index (χ4n) is 1.80. The van der Waals surface area contributed by atoms with E-state index in [9.17, 15) is 4.79 Å². The molecule has 3 nitrogen and oxygen atoms in total. The van der Waals surface area contributed by atoms with E-state index >= 15 is 0 Å². The number of ether oxygens (including phenoxy) is 1. The zero-order valence-electron chi connectivity index (χ0n) is 11.8. The first-order chi connectivity index (χ1) is 9.67. The van der Waals surface area contributed by atoms with E-state index in [1.54, 1.807) is 0 Å². The van der Waals surface area contributed by atoms with Crippen LogP contribution in [0.15, 0.2) is 48.5 Å². The first kappa shape index (κ1) is 14.1. The number of carbonyl (C=O) groups is 1. The van der Waals surface area contributed by atoms with E-state index in [2.05, 4.69) is 5.32 Å². The van der Waals surface area contributed by atoms with Crippen molar-refractivity contribution in [1.29, 1.82) is 0 Å². The molecule has 2 aromatic carbocycles. The molecule has 0 aliphatic carbocycles. The number of aryl methyl sites for hydroxylation is 1. The summed E-state index contributed by atoms with van der Waals surface area (Å²) in [5.41, 5.74) is 1.99. The number of hydrogen-bond acceptors (Lipinski definition) is 2. The standard InChI is InChI=1S/C17H19NO2/c1-3-4-17(19)18-14-7-11-16(12-8-14)20-15-9-5-13(2)6-10-15/h5-12H,3-4H2,1-2H3,(H,18,19). The van der Waals surface area contributed by atoms with Crippen molar-refractivity contribution in [3.63, 3.8) is 0 Å². The van der Waals surface area contributed by atoms with Gasteiger partial charge in [-0.25, -0.2) is 0 Å². The van der Waals surface area contributed by atoms with Gasteiger partial charge in [0.1, 0.15) is 11.5 Å². The highest BCUT2D eigenvalue weighted by Crippen LogP contribution is 2.23. The molecule has 0 saturated heterocycles. The Balaban J connectivity index is 1.97. The minimum atomic E-state index is 0.0414. The van der Waals surface area contributed by atoms with Crippen molar-refractivity contribution in [3.05, 3.63) is 54.1 Å². The summed E-state index contributed by atoms with van der Waals surface area (Å²) >= 11 is 0. The molecule has 1 amide bonds. The van der Waals surface area contributed by atoms with Gasteiger partial charge in [0.2, 0.25) is 5.91 Å². The fourth-order valence-corrected chi connectivity index (χ4v) is 1.80. The monoisotopic (exact) mass is 269 g/mol. The number of nitrogens with one attached hydrogen (secondary N) is 1. The molecule has 0 atom stereocenters. The van der Waals surface area contributed by atoms with E-state index < -0.39 is 0 Å². The second-order valence-electron chi connectivity index (χ2n) is 4.74. The van der Waals surface area contributed by atoms with Gasteiger partial charge in [0.25, 0.3) is 0 Å². The van der Waals surface area contributed by atoms with Crippen molar-refractivity contribution < 1.29 is 9.53 Å². The second-order valence-corrected chi connectivity index (χ2v) is 4.74. The maximum Gasteiger partial charge on any atom is 0.224 e. The molecule has 0 fully saturated rings. The van der Waals surface area contributed by atoms with Crippen LogP contribution in [0.3, 0.4) is 0 Å². The van der Waals surface area contributed by atoms with Gasteiger partial charge in [-0.2, -0.15) is 0 Å². The van der Waals surface area contributed by atoms with Crippen LogP contribution in [0.1, 0.15) is 25.3 Å². The van der Waals surface area contributed by atoms with Gasteiger partial charge < -0.3 is 10.1 Å². The van der Waals surface area contributed by atoms with E-state index in [1.165, 1.54) is 5.56 Å². The maximum absolute atomic E-state index is 11.5. The van der Waals surface area contributed by atoms with Crippen molar-refractivity contribution in [2.24, 2.45) is 0 Å². The van der Waals surface area contributed by atoms with Crippen LogP contribution >= 0.6 is 0 Å². The van der Waals surface area contributed by atoms with E-state index in [-0.39, 0.29) is 5.91 Å². The Hall–Kier alpha value is -2.29. The van der Waals surface area contributed by atoms with E-state index in [0.29, 0.717) is 6.42 Å². The van der Waals surface area contributed by atoms with Gasteiger partial charge >= 0.3 is 0 Å². The minimum absolute atomic E-state index is 0.0414. The smallest absolute Gasteiger partial charge is 0.224 e. The third kappa shape index (κ3) is 4.12. The summed E-state index contributed by atoms with van der Waals surface area (Å²) in [5.74, 6) is 1.60. The maximum atomic E-state index is 11.5. The van der Waals surface area contributed by atoms with Crippen molar-refractivity contribution in [3.8, 4) is 11.5 Å². The van der Waals surface area contributed by atoms with Gasteiger partial charge in [-0.05, 0) is 49.7 Å². The second kappa shape index (κ2) is 6.75. The van der Waals surface area contributed by atoms with E-state index in [4.69, 9.17) is 4.74 Å². The van der Waals surface area contributed by atoms with Crippen LogP contribution in [0, 0.1) is 6.92 Å². The van der Waals surface area contributed by atoms with E-state index in [1.807, 2.05) is 62.4 Å². The number of rotatable bonds is 5. The molecule has 2 aromatic rings. The summed E-state index contributed by atoms with van der Waals surface area (Å²) in [6.07, 6.45) is 1.39. The highest BCUT2D eigenvalue weighted by molar-refractivity contribution is 5.90. The third-order valence-electron chi connectivity index (χ3n) is 2.87. The molecule has 2 rings (SSSR count). The average molecular weight is 269 g/mol. The molecule has 0 spiro atoms. The predicted octanol–water partition coefficient (Wildman–Crippen LogP) is 4.53. The lowest BCUT2D eigenvalue weighted by Crippen LogP contribution is -2.10. The molecule has 0 aromatic heterocycles. The molecule has 1 N–H and O–H groups in total. The van der Waals surface area contributed by atoms with Crippen molar-refractivity contribution in [2.45, 2.75) is 26.7 Å². The summed E-state index contributed by atoms with van der Waals surface area (Å²) in [4.78, 5) is 11.5. The summed E-state index contributed by atoms with van der Waals surface area (Å²) in [7, 11) is 0. The minimum Gasteiger partial charge on any atom is -0.457 e. The Labute approximate surface area is 119 Å². The van der Waals surface area contributed by atoms with Crippen molar-refractivity contribution >= 4 is 11.6 Å². The van der Waals surface area contributed by atoms with Crippen LogP contribution in [0.2, 0.25) is 0 Å². The largest absolute Gasteiger partial charge is 0.457 e. The van der Waals surface area contributed by atoms with Crippen molar-refractivity contribution in [1.82, 2.24) is 0 Å². The van der Waals surface area contributed by atoms with Crippen LogP contribution in [-0.2, 0) is 4.79 Å². The Morgan fingerprint density at radius 2 is 1.55 bits per heavy atom. The van der Waals surface area contributed by atoms with Crippen LogP contribution in [-0.4, -0.2) is 5.91 Å². The first-order valence-corrected chi connectivity index (χ1v) is 6.82. The highest BCUT2D eigenvalue weighted by Gasteiger charge is 2.01. The number of amides is 1. The Kier molecular flexibility index (Phi) is 4.77. The number of hydrogen-bond donors (Lipinski definition) is 1. The predicted molar refractivity (Wildman–Crippen MR) is 81.2 cm³/mol. The van der Waals surface area contributed by atoms with Gasteiger partial charge in [0.15, 0.2) is 0 Å². The number of anilines is 1. The number of carbonyl (C=O) groups excluding carboxylic acids is 1. The summed E-state index contributed by atoms with van der Waals surface area (Å²) in [5, 5.41) is 2.85.